The highest BCUT2D eigenvalue weighted by Gasteiger charge is 2.10. The quantitative estimate of drug-likeness (QED) is 0.561. The van der Waals surface area contributed by atoms with E-state index in [0.29, 0.717) is 11.5 Å². The summed E-state index contributed by atoms with van der Waals surface area (Å²) in [5.74, 6) is -0.278. The minimum atomic E-state index is -0.949. The summed E-state index contributed by atoms with van der Waals surface area (Å²) in [6.07, 6.45) is 1.71. The molecule has 0 aliphatic heterocycles. The fourth-order valence-electron chi connectivity index (χ4n) is 2.77. The van der Waals surface area contributed by atoms with E-state index in [1.54, 1.807) is 30.5 Å². The minimum Gasteiger partial charge on any atom is -0.478 e. The van der Waals surface area contributed by atoms with Crippen LogP contribution in [0.25, 0.3) is 22.2 Å². The molecule has 5 heteroatoms. The summed E-state index contributed by atoms with van der Waals surface area (Å²) in [5, 5.41) is 13.3. The second-order valence-corrected chi connectivity index (χ2v) is 5.81. The van der Waals surface area contributed by atoms with Gasteiger partial charge in [0.15, 0.2) is 5.65 Å². The zero-order valence-corrected chi connectivity index (χ0v) is 13.8. The molecule has 2 aromatic carbocycles. The number of fused-ring (bicyclic) bond motifs is 1. The van der Waals surface area contributed by atoms with E-state index >= 15 is 0 Å². The fourth-order valence-corrected chi connectivity index (χ4v) is 2.77. The molecule has 4 rings (SSSR count). The number of benzene rings is 2. The zero-order valence-electron chi connectivity index (χ0n) is 13.8. The standard InChI is InChI=1S/C21H15N3O2/c25-21(26)15-8-10-17(11-9-15)23-20-18(14-5-2-1-3-6-14)13-16-7-4-12-22-19(16)24-20/h1-13H,(H,25,26)(H,22,23,24). The summed E-state index contributed by atoms with van der Waals surface area (Å²) < 4.78 is 0. The van der Waals surface area contributed by atoms with Gasteiger partial charge in [0.05, 0.1) is 5.56 Å². The molecule has 2 aromatic heterocycles. The Balaban J connectivity index is 1.80. The second kappa shape index (κ2) is 6.64. The summed E-state index contributed by atoms with van der Waals surface area (Å²) in [6.45, 7) is 0. The van der Waals surface area contributed by atoms with Crippen molar-refractivity contribution in [1.29, 1.82) is 0 Å². The molecule has 2 heterocycles. The van der Waals surface area contributed by atoms with Crippen LogP contribution in [0.2, 0.25) is 0 Å². The number of aromatic carboxylic acids is 1. The van der Waals surface area contributed by atoms with Gasteiger partial charge in [-0.15, -0.1) is 0 Å². The Morgan fingerprint density at radius 1 is 0.923 bits per heavy atom. The number of carbonyl (C=O) groups is 1. The molecule has 0 aliphatic carbocycles. The van der Waals surface area contributed by atoms with Crippen LogP contribution in [0, 0.1) is 0 Å². The first-order chi connectivity index (χ1) is 12.7. The molecule has 5 nitrogen and oxygen atoms in total. The average Bonchev–Trinajstić information content (AvgIpc) is 2.68. The first-order valence-corrected chi connectivity index (χ1v) is 8.12. The number of hydrogen-bond donors (Lipinski definition) is 2. The molecule has 126 valence electrons. The molecule has 0 aliphatic rings. The highest BCUT2D eigenvalue weighted by Crippen LogP contribution is 2.31. The van der Waals surface area contributed by atoms with Crippen molar-refractivity contribution < 1.29 is 9.90 Å². The van der Waals surface area contributed by atoms with Crippen LogP contribution in [-0.4, -0.2) is 21.0 Å². The SMILES string of the molecule is O=C(O)c1ccc(Nc2nc3ncccc3cc2-c2ccccc2)cc1. The number of aromatic nitrogens is 2. The van der Waals surface area contributed by atoms with Gasteiger partial charge in [0.2, 0.25) is 0 Å². The number of nitrogens with one attached hydrogen (secondary N) is 1. The number of nitrogens with zero attached hydrogens (tertiary/aromatic N) is 2. The number of rotatable bonds is 4. The van der Waals surface area contributed by atoms with E-state index in [0.717, 1.165) is 22.2 Å². The lowest BCUT2D eigenvalue weighted by molar-refractivity contribution is 0.0697. The van der Waals surface area contributed by atoms with Crippen LogP contribution < -0.4 is 5.32 Å². The molecule has 0 atom stereocenters. The van der Waals surface area contributed by atoms with Crippen molar-refractivity contribution in [3.8, 4) is 11.1 Å². The van der Waals surface area contributed by atoms with Gasteiger partial charge in [0.1, 0.15) is 5.82 Å². The van der Waals surface area contributed by atoms with E-state index in [1.807, 2.05) is 42.5 Å². The summed E-state index contributed by atoms with van der Waals surface area (Å²) >= 11 is 0. The van der Waals surface area contributed by atoms with Crippen molar-refractivity contribution in [2.75, 3.05) is 5.32 Å². The summed E-state index contributed by atoms with van der Waals surface area (Å²) in [4.78, 5) is 20.0. The predicted molar refractivity (Wildman–Crippen MR) is 102 cm³/mol. The Morgan fingerprint density at radius 2 is 1.69 bits per heavy atom. The largest absolute Gasteiger partial charge is 0.478 e. The highest BCUT2D eigenvalue weighted by molar-refractivity contribution is 5.90. The van der Waals surface area contributed by atoms with Gasteiger partial charge in [-0.2, -0.15) is 0 Å². The van der Waals surface area contributed by atoms with Crippen LogP contribution in [0.15, 0.2) is 79.0 Å². The van der Waals surface area contributed by atoms with E-state index in [2.05, 4.69) is 21.4 Å². The molecule has 0 spiro atoms. The maximum absolute atomic E-state index is 11.0. The van der Waals surface area contributed by atoms with E-state index in [4.69, 9.17) is 5.11 Å². The van der Waals surface area contributed by atoms with Gasteiger partial charge < -0.3 is 10.4 Å². The van der Waals surface area contributed by atoms with Gasteiger partial charge in [-0.3, -0.25) is 0 Å². The molecule has 0 saturated carbocycles. The maximum atomic E-state index is 11.0. The van der Waals surface area contributed by atoms with Crippen molar-refractivity contribution in [3.05, 3.63) is 84.6 Å². The maximum Gasteiger partial charge on any atom is 0.335 e. The van der Waals surface area contributed by atoms with Crippen LogP contribution in [0.3, 0.4) is 0 Å². The molecule has 0 bridgehead atoms. The van der Waals surface area contributed by atoms with Crippen molar-refractivity contribution in [2.24, 2.45) is 0 Å². The van der Waals surface area contributed by atoms with Crippen molar-refractivity contribution in [3.63, 3.8) is 0 Å². The van der Waals surface area contributed by atoms with E-state index in [-0.39, 0.29) is 5.56 Å². The molecule has 0 saturated heterocycles. The average molecular weight is 341 g/mol. The lowest BCUT2D eigenvalue weighted by atomic mass is 10.0. The third-order valence-electron chi connectivity index (χ3n) is 4.07. The molecular weight excluding hydrogens is 326 g/mol. The van der Waals surface area contributed by atoms with Crippen molar-refractivity contribution in [1.82, 2.24) is 9.97 Å². The van der Waals surface area contributed by atoms with E-state index in [9.17, 15) is 4.79 Å². The molecule has 0 amide bonds. The second-order valence-electron chi connectivity index (χ2n) is 5.81. The van der Waals surface area contributed by atoms with Gasteiger partial charge in [-0.1, -0.05) is 30.3 Å². The molecule has 26 heavy (non-hydrogen) atoms. The zero-order chi connectivity index (χ0) is 17.9. The molecule has 0 radical (unpaired) electrons. The van der Waals surface area contributed by atoms with Gasteiger partial charge >= 0.3 is 5.97 Å². The topological polar surface area (TPSA) is 75.1 Å². The lowest BCUT2D eigenvalue weighted by Crippen LogP contribution is -2.00. The minimum absolute atomic E-state index is 0.243. The first kappa shape index (κ1) is 15.8. The van der Waals surface area contributed by atoms with Gasteiger partial charge in [-0.05, 0) is 48.0 Å². The molecular formula is C21H15N3O2. The Hall–Kier alpha value is -3.73. The fraction of sp³-hybridized carbons (Fsp3) is 0. The number of carboxylic acids is 1. The molecule has 0 fully saturated rings. The Labute approximate surface area is 150 Å². The summed E-state index contributed by atoms with van der Waals surface area (Å²) in [5.41, 5.74) is 3.64. The Morgan fingerprint density at radius 3 is 2.42 bits per heavy atom. The number of hydrogen-bond acceptors (Lipinski definition) is 4. The first-order valence-electron chi connectivity index (χ1n) is 8.12. The normalized spacial score (nSPS) is 10.6. The van der Waals surface area contributed by atoms with Gasteiger partial charge in [-0.25, -0.2) is 14.8 Å². The number of anilines is 2. The third kappa shape index (κ3) is 3.10. The van der Waals surface area contributed by atoms with Crippen LogP contribution >= 0.6 is 0 Å². The lowest BCUT2D eigenvalue weighted by Gasteiger charge is -2.13. The van der Waals surface area contributed by atoms with Crippen LogP contribution in [0.5, 0.6) is 0 Å². The summed E-state index contributed by atoms with van der Waals surface area (Å²) in [7, 11) is 0. The highest BCUT2D eigenvalue weighted by atomic mass is 16.4. The monoisotopic (exact) mass is 341 g/mol. The van der Waals surface area contributed by atoms with Crippen molar-refractivity contribution >= 4 is 28.5 Å². The van der Waals surface area contributed by atoms with E-state index < -0.39 is 5.97 Å². The van der Waals surface area contributed by atoms with Gasteiger partial charge in [0, 0.05) is 22.8 Å². The summed E-state index contributed by atoms with van der Waals surface area (Å²) in [6, 6.07) is 22.5. The Kier molecular flexibility index (Phi) is 4.03. The third-order valence-corrected chi connectivity index (χ3v) is 4.07. The van der Waals surface area contributed by atoms with E-state index in [1.165, 1.54) is 0 Å². The molecule has 0 unspecified atom stereocenters. The van der Waals surface area contributed by atoms with Crippen LogP contribution in [-0.2, 0) is 0 Å². The van der Waals surface area contributed by atoms with Crippen LogP contribution in [0.4, 0.5) is 11.5 Å². The molecule has 4 aromatic rings. The predicted octanol–water partition coefficient (Wildman–Crippen LogP) is 4.74. The molecule has 2 N–H and O–H groups in total. The number of pyridine rings is 2. The van der Waals surface area contributed by atoms with Crippen LogP contribution in [0.1, 0.15) is 10.4 Å². The Bertz CT molecular complexity index is 1080. The smallest absolute Gasteiger partial charge is 0.335 e. The van der Waals surface area contributed by atoms with Crippen molar-refractivity contribution in [2.45, 2.75) is 0 Å². The number of carboxylic acid groups (broad SMARTS) is 1. The van der Waals surface area contributed by atoms with Gasteiger partial charge in [0.25, 0.3) is 0 Å².